The Morgan fingerprint density at radius 3 is 2.00 bits per heavy atom. The Bertz CT molecular complexity index is 115. The standard InChI is InChI=1S/C11H26N2/c1-4-7-9(11(13)6-3)8-10(12)5-2/h9-11H,4-8,12-13H2,1-3H3/t9?,10?,11-/m0/s1. The van der Waals surface area contributed by atoms with Gasteiger partial charge in [0.2, 0.25) is 0 Å². The van der Waals surface area contributed by atoms with Gasteiger partial charge in [-0.25, -0.2) is 0 Å². The molecule has 0 heterocycles. The molecule has 2 unspecified atom stereocenters. The minimum atomic E-state index is 0.342. The van der Waals surface area contributed by atoms with Crippen molar-refractivity contribution in [3.05, 3.63) is 0 Å². The van der Waals surface area contributed by atoms with Crippen molar-refractivity contribution in [3.63, 3.8) is 0 Å². The van der Waals surface area contributed by atoms with Gasteiger partial charge >= 0.3 is 0 Å². The molecule has 0 saturated carbocycles. The normalized spacial score (nSPS) is 18.2. The molecule has 0 radical (unpaired) electrons. The van der Waals surface area contributed by atoms with Crippen molar-refractivity contribution in [3.8, 4) is 0 Å². The number of hydrogen-bond donors (Lipinski definition) is 2. The van der Waals surface area contributed by atoms with Gasteiger partial charge in [-0.1, -0.05) is 27.2 Å². The van der Waals surface area contributed by atoms with Gasteiger partial charge < -0.3 is 11.5 Å². The van der Waals surface area contributed by atoms with Crippen LogP contribution in [-0.4, -0.2) is 12.1 Å². The first-order chi connectivity index (χ1) is 6.15. The van der Waals surface area contributed by atoms with Crippen molar-refractivity contribution in [2.24, 2.45) is 17.4 Å². The molecule has 0 saturated heterocycles. The van der Waals surface area contributed by atoms with E-state index in [0.717, 1.165) is 19.3 Å². The van der Waals surface area contributed by atoms with Crippen molar-refractivity contribution in [2.45, 2.75) is 65.0 Å². The second kappa shape index (κ2) is 7.34. The zero-order chi connectivity index (χ0) is 10.3. The van der Waals surface area contributed by atoms with Gasteiger partial charge in [-0.05, 0) is 31.6 Å². The molecule has 0 fully saturated rings. The Morgan fingerprint density at radius 2 is 1.62 bits per heavy atom. The second-order valence-electron chi connectivity index (χ2n) is 4.02. The summed E-state index contributed by atoms with van der Waals surface area (Å²) in [7, 11) is 0. The Labute approximate surface area is 83.1 Å². The maximum atomic E-state index is 6.05. The SMILES string of the molecule is CCCC(CC(N)CC)[C@@H](N)CC. The highest BCUT2D eigenvalue weighted by atomic mass is 14.7. The molecule has 0 amide bonds. The lowest BCUT2D eigenvalue weighted by Gasteiger charge is -2.25. The van der Waals surface area contributed by atoms with E-state index in [0.29, 0.717) is 18.0 Å². The van der Waals surface area contributed by atoms with E-state index in [9.17, 15) is 0 Å². The van der Waals surface area contributed by atoms with Gasteiger partial charge in [0, 0.05) is 12.1 Å². The molecular weight excluding hydrogens is 160 g/mol. The van der Waals surface area contributed by atoms with Gasteiger partial charge in [0.1, 0.15) is 0 Å². The third-order valence-corrected chi connectivity index (χ3v) is 2.87. The van der Waals surface area contributed by atoms with E-state index in [1.165, 1.54) is 12.8 Å². The summed E-state index contributed by atoms with van der Waals surface area (Å²) in [5.41, 5.74) is 12.0. The van der Waals surface area contributed by atoms with Crippen LogP contribution in [-0.2, 0) is 0 Å². The minimum Gasteiger partial charge on any atom is -0.328 e. The Hall–Kier alpha value is -0.0800. The van der Waals surface area contributed by atoms with Crippen LogP contribution in [0.15, 0.2) is 0 Å². The lowest BCUT2D eigenvalue weighted by Crippen LogP contribution is -2.34. The van der Waals surface area contributed by atoms with Crippen LogP contribution in [0.2, 0.25) is 0 Å². The van der Waals surface area contributed by atoms with Crippen LogP contribution < -0.4 is 11.5 Å². The summed E-state index contributed by atoms with van der Waals surface area (Å²) in [6, 6.07) is 0.687. The summed E-state index contributed by atoms with van der Waals surface area (Å²) in [6.45, 7) is 6.52. The predicted molar refractivity (Wildman–Crippen MR) is 59.5 cm³/mol. The lowest BCUT2D eigenvalue weighted by atomic mass is 9.87. The van der Waals surface area contributed by atoms with Crippen LogP contribution in [0.25, 0.3) is 0 Å². The van der Waals surface area contributed by atoms with Crippen molar-refractivity contribution < 1.29 is 0 Å². The van der Waals surface area contributed by atoms with Gasteiger partial charge in [0.25, 0.3) is 0 Å². The van der Waals surface area contributed by atoms with Crippen LogP contribution in [0.3, 0.4) is 0 Å². The zero-order valence-electron chi connectivity index (χ0n) is 9.42. The van der Waals surface area contributed by atoms with Crippen molar-refractivity contribution in [1.82, 2.24) is 0 Å². The molecule has 0 aromatic heterocycles. The van der Waals surface area contributed by atoms with Crippen LogP contribution in [0, 0.1) is 5.92 Å². The highest BCUT2D eigenvalue weighted by molar-refractivity contribution is 4.75. The average Bonchev–Trinajstić information content (AvgIpc) is 2.15. The molecule has 0 aromatic rings. The average molecular weight is 186 g/mol. The fourth-order valence-electron chi connectivity index (χ4n) is 1.77. The van der Waals surface area contributed by atoms with Gasteiger partial charge in [-0.15, -0.1) is 0 Å². The third kappa shape index (κ3) is 5.27. The minimum absolute atomic E-state index is 0.342. The number of rotatable bonds is 7. The first-order valence-electron chi connectivity index (χ1n) is 5.66. The molecule has 0 aromatic carbocycles. The van der Waals surface area contributed by atoms with Gasteiger partial charge in [0.05, 0.1) is 0 Å². The predicted octanol–water partition coefficient (Wildman–Crippen LogP) is 2.27. The second-order valence-corrected chi connectivity index (χ2v) is 4.02. The monoisotopic (exact) mass is 186 g/mol. The van der Waals surface area contributed by atoms with E-state index in [1.54, 1.807) is 0 Å². The van der Waals surface area contributed by atoms with E-state index in [1.807, 2.05) is 0 Å². The summed E-state index contributed by atoms with van der Waals surface area (Å²) in [6.07, 6.45) is 5.68. The first-order valence-corrected chi connectivity index (χ1v) is 5.66. The molecule has 0 rings (SSSR count). The molecule has 13 heavy (non-hydrogen) atoms. The van der Waals surface area contributed by atoms with Crippen molar-refractivity contribution in [2.75, 3.05) is 0 Å². The molecule has 0 aliphatic carbocycles. The van der Waals surface area contributed by atoms with E-state index >= 15 is 0 Å². The maximum absolute atomic E-state index is 6.05. The number of hydrogen-bond acceptors (Lipinski definition) is 2. The third-order valence-electron chi connectivity index (χ3n) is 2.87. The largest absolute Gasteiger partial charge is 0.328 e. The smallest absolute Gasteiger partial charge is 0.00651 e. The summed E-state index contributed by atoms with van der Waals surface area (Å²) < 4.78 is 0. The van der Waals surface area contributed by atoms with Crippen LogP contribution in [0.4, 0.5) is 0 Å². The van der Waals surface area contributed by atoms with E-state index < -0.39 is 0 Å². The van der Waals surface area contributed by atoms with Crippen LogP contribution in [0.1, 0.15) is 52.9 Å². The summed E-state index contributed by atoms with van der Waals surface area (Å²) in [5, 5.41) is 0. The molecule has 0 bridgehead atoms. The Kier molecular flexibility index (Phi) is 7.29. The topological polar surface area (TPSA) is 52.0 Å². The van der Waals surface area contributed by atoms with E-state index in [2.05, 4.69) is 20.8 Å². The Balaban J connectivity index is 3.92. The molecule has 3 atom stereocenters. The molecule has 2 heteroatoms. The number of nitrogens with two attached hydrogens (primary N) is 2. The van der Waals surface area contributed by atoms with E-state index in [4.69, 9.17) is 11.5 Å². The fourth-order valence-corrected chi connectivity index (χ4v) is 1.77. The first kappa shape index (κ1) is 12.9. The summed E-state index contributed by atoms with van der Waals surface area (Å²) in [5.74, 6) is 0.630. The summed E-state index contributed by atoms with van der Waals surface area (Å²) in [4.78, 5) is 0. The van der Waals surface area contributed by atoms with Crippen molar-refractivity contribution >= 4 is 0 Å². The molecule has 80 valence electrons. The highest BCUT2D eigenvalue weighted by Gasteiger charge is 2.17. The van der Waals surface area contributed by atoms with E-state index in [-0.39, 0.29) is 0 Å². The molecule has 0 aliphatic heterocycles. The van der Waals surface area contributed by atoms with Crippen molar-refractivity contribution in [1.29, 1.82) is 0 Å². The molecule has 0 spiro atoms. The van der Waals surface area contributed by atoms with Crippen LogP contribution >= 0.6 is 0 Å². The molecule has 0 aliphatic rings. The van der Waals surface area contributed by atoms with Gasteiger partial charge in [-0.2, -0.15) is 0 Å². The van der Waals surface area contributed by atoms with Crippen LogP contribution in [0.5, 0.6) is 0 Å². The summed E-state index contributed by atoms with van der Waals surface area (Å²) >= 11 is 0. The zero-order valence-corrected chi connectivity index (χ0v) is 9.42. The van der Waals surface area contributed by atoms with Gasteiger partial charge in [-0.3, -0.25) is 0 Å². The fraction of sp³-hybridized carbons (Fsp3) is 1.00. The molecule has 4 N–H and O–H groups in total. The molecular formula is C11H26N2. The Morgan fingerprint density at radius 1 is 1.00 bits per heavy atom. The van der Waals surface area contributed by atoms with Gasteiger partial charge in [0.15, 0.2) is 0 Å². The quantitative estimate of drug-likeness (QED) is 0.641. The highest BCUT2D eigenvalue weighted by Crippen LogP contribution is 2.18. The maximum Gasteiger partial charge on any atom is 0.00651 e. The lowest BCUT2D eigenvalue weighted by molar-refractivity contribution is 0.329. The molecule has 2 nitrogen and oxygen atoms in total.